The summed E-state index contributed by atoms with van der Waals surface area (Å²) >= 11 is 0. The molecule has 27 heavy (non-hydrogen) atoms. The smallest absolute Gasteiger partial charge is 0.0976 e. The van der Waals surface area contributed by atoms with Crippen molar-refractivity contribution in [3.63, 3.8) is 0 Å². The molecule has 4 saturated carbocycles. The van der Waals surface area contributed by atoms with Crippen LogP contribution >= 0.6 is 0 Å². The van der Waals surface area contributed by atoms with Gasteiger partial charge in [-0.2, -0.15) is 0 Å². The lowest BCUT2D eigenvalue weighted by Gasteiger charge is -2.56. The van der Waals surface area contributed by atoms with E-state index in [9.17, 15) is 15.3 Å². The number of piperidine rings is 1. The van der Waals surface area contributed by atoms with Crippen molar-refractivity contribution in [2.45, 2.75) is 82.5 Å². The van der Waals surface area contributed by atoms with Crippen molar-refractivity contribution in [3.05, 3.63) is 0 Å². The number of hydrogen-bond donors (Lipinski definition) is 3. The van der Waals surface area contributed by atoms with E-state index in [1.807, 2.05) is 0 Å². The molecule has 156 valence electrons. The van der Waals surface area contributed by atoms with Gasteiger partial charge in [0.05, 0.1) is 31.5 Å². The lowest BCUT2D eigenvalue weighted by molar-refractivity contribution is -0.0970. The van der Waals surface area contributed by atoms with Gasteiger partial charge in [-0.05, 0) is 93.9 Å². The van der Waals surface area contributed by atoms with Gasteiger partial charge >= 0.3 is 0 Å². The van der Waals surface area contributed by atoms with Gasteiger partial charge < -0.3 is 20.1 Å². The fourth-order valence-electron chi connectivity index (χ4n) is 7.06. The number of hydrogen-bond acceptors (Lipinski definition) is 5. The van der Waals surface area contributed by atoms with Crippen molar-refractivity contribution >= 4 is 0 Å². The molecule has 0 amide bonds. The first-order valence-corrected chi connectivity index (χ1v) is 11.4. The summed E-state index contributed by atoms with van der Waals surface area (Å²) in [7, 11) is 0. The summed E-state index contributed by atoms with van der Waals surface area (Å²) in [6, 6.07) is -0.318. The summed E-state index contributed by atoms with van der Waals surface area (Å²) in [5.74, 6) is 2.99. The maximum absolute atomic E-state index is 10.0. The molecule has 5 heteroatoms. The van der Waals surface area contributed by atoms with E-state index >= 15 is 0 Å². The molecule has 1 heterocycles. The normalized spacial score (nSPS) is 44.1. The Hall–Kier alpha value is -0.200. The first kappa shape index (κ1) is 20.1. The number of nitrogens with zero attached hydrogens (tertiary/aromatic N) is 1. The minimum absolute atomic E-state index is 0.0909. The number of rotatable bonds is 9. The van der Waals surface area contributed by atoms with E-state index < -0.39 is 12.2 Å². The third-order valence-electron chi connectivity index (χ3n) is 7.96. The van der Waals surface area contributed by atoms with Gasteiger partial charge in [0, 0.05) is 13.2 Å². The fourth-order valence-corrected chi connectivity index (χ4v) is 7.06. The molecule has 1 aliphatic heterocycles. The minimum Gasteiger partial charge on any atom is -0.395 e. The Morgan fingerprint density at radius 1 is 0.926 bits per heavy atom. The Balaban J connectivity index is 1.10. The third kappa shape index (κ3) is 4.53. The van der Waals surface area contributed by atoms with Gasteiger partial charge in [0.2, 0.25) is 0 Å². The first-order valence-electron chi connectivity index (χ1n) is 11.4. The van der Waals surface area contributed by atoms with Crippen LogP contribution in [0.4, 0.5) is 0 Å². The van der Waals surface area contributed by atoms with Crippen LogP contribution in [0.3, 0.4) is 0 Å². The molecular formula is C22H39NO4. The Kier molecular flexibility index (Phi) is 6.44. The largest absolute Gasteiger partial charge is 0.395 e. The van der Waals surface area contributed by atoms with Crippen LogP contribution in [-0.2, 0) is 4.74 Å². The van der Waals surface area contributed by atoms with Crippen molar-refractivity contribution in [3.8, 4) is 0 Å². The molecule has 0 radical (unpaired) electrons. The summed E-state index contributed by atoms with van der Waals surface area (Å²) in [6.07, 6.45) is 11.1. The Labute approximate surface area is 164 Å². The fraction of sp³-hybridized carbons (Fsp3) is 1.00. The zero-order valence-corrected chi connectivity index (χ0v) is 16.8. The van der Waals surface area contributed by atoms with Gasteiger partial charge in [0.25, 0.3) is 0 Å². The maximum atomic E-state index is 10.0. The molecule has 5 aliphatic rings. The number of unbranched alkanes of at least 4 members (excludes halogenated alkanes) is 2. The van der Waals surface area contributed by atoms with Crippen LogP contribution < -0.4 is 0 Å². The number of likely N-dealkylation sites (tertiary alicyclic amines) is 1. The van der Waals surface area contributed by atoms with Crippen molar-refractivity contribution in [1.82, 2.24) is 4.90 Å². The van der Waals surface area contributed by atoms with Crippen LogP contribution in [0.5, 0.6) is 0 Å². The molecule has 0 spiro atoms. The molecule has 4 bridgehead atoms. The van der Waals surface area contributed by atoms with Gasteiger partial charge in [-0.3, -0.25) is 4.90 Å². The highest BCUT2D eigenvalue weighted by Crippen LogP contribution is 2.60. The molecule has 0 aromatic carbocycles. The monoisotopic (exact) mass is 381 g/mol. The number of aliphatic hydroxyl groups is 3. The summed E-state index contributed by atoms with van der Waals surface area (Å²) in [5.41, 5.74) is 0.522. The standard InChI is InChI=1S/C22H39NO4/c24-14-19-21(26)20(25)4-6-23(19)5-2-1-3-7-27-15-22-11-16-8-17(12-22)10-18(9-16)13-22/h16-21,24-26H,1-15H2/t16?,17?,18?,19-,20+,21+,22?/m1/s1. The van der Waals surface area contributed by atoms with Crippen LogP contribution in [0.2, 0.25) is 0 Å². The van der Waals surface area contributed by atoms with Crippen molar-refractivity contribution in [2.24, 2.45) is 23.2 Å². The van der Waals surface area contributed by atoms with Crippen LogP contribution in [0.25, 0.3) is 0 Å². The second-order valence-corrected chi connectivity index (χ2v) is 10.2. The second-order valence-electron chi connectivity index (χ2n) is 10.2. The van der Waals surface area contributed by atoms with E-state index in [1.165, 1.54) is 38.5 Å². The molecule has 1 saturated heterocycles. The molecular weight excluding hydrogens is 342 g/mol. The van der Waals surface area contributed by atoms with Crippen molar-refractivity contribution in [1.29, 1.82) is 0 Å². The highest BCUT2D eigenvalue weighted by Gasteiger charge is 2.50. The van der Waals surface area contributed by atoms with Crippen LogP contribution in [0.1, 0.15) is 64.2 Å². The van der Waals surface area contributed by atoms with E-state index in [0.717, 1.165) is 63.3 Å². The van der Waals surface area contributed by atoms with Gasteiger partial charge in [0.1, 0.15) is 0 Å². The predicted octanol–water partition coefficient (Wildman–Crippen LogP) is 2.18. The third-order valence-corrected chi connectivity index (χ3v) is 7.96. The molecule has 4 aliphatic carbocycles. The van der Waals surface area contributed by atoms with E-state index in [0.29, 0.717) is 11.8 Å². The second kappa shape index (κ2) is 8.66. The average Bonchev–Trinajstić information content (AvgIpc) is 2.62. The van der Waals surface area contributed by atoms with Crippen LogP contribution in [-0.4, -0.2) is 71.4 Å². The Bertz CT molecular complexity index is 450. The summed E-state index contributed by atoms with van der Waals surface area (Å²) < 4.78 is 6.16. The van der Waals surface area contributed by atoms with Gasteiger partial charge in [-0.1, -0.05) is 0 Å². The molecule has 3 atom stereocenters. The summed E-state index contributed by atoms with van der Waals surface area (Å²) in [4.78, 5) is 2.13. The molecule has 3 N–H and O–H groups in total. The Morgan fingerprint density at radius 2 is 1.59 bits per heavy atom. The van der Waals surface area contributed by atoms with E-state index in [2.05, 4.69) is 4.90 Å². The summed E-state index contributed by atoms with van der Waals surface area (Å²) in [5, 5.41) is 29.3. The van der Waals surface area contributed by atoms with E-state index in [4.69, 9.17) is 4.74 Å². The van der Waals surface area contributed by atoms with Gasteiger partial charge in [0.15, 0.2) is 0 Å². The molecule has 0 unspecified atom stereocenters. The van der Waals surface area contributed by atoms with Gasteiger partial charge in [-0.15, -0.1) is 0 Å². The van der Waals surface area contributed by atoms with Crippen molar-refractivity contribution in [2.75, 3.05) is 32.9 Å². The zero-order chi connectivity index (χ0) is 18.9. The summed E-state index contributed by atoms with van der Waals surface area (Å²) in [6.45, 7) is 3.40. The highest BCUT2D eigenvalue weighted by molar-refractivity contribution is 5.01. The molecule has 5 rings (SSSR count). The zero-order valence-electron chi connectivity index (χ0n) is 16.8. The first-order chi connectivity index (χ1) is 13.1. The maximum Gasteiger partial charge on any atom is 0.0976 e. The molecule has 0 aromatic heterocycles. The molecule has 0 aromatic rings. The topological polar surface area (TPSA) is 73.2 Å². The quantitative estimate of drug-likeness (QED) is 0.534. The Morgan fingerprint density at radius 3 is 2.22 bits per heavy atom. The molecule has 5 nitrogen and oxygen atoms in total. The van der Waals surface area contributed by atoms with Crippen molar-refractivity contribution < 1.29 is 20.1 Å². The average molecular weight is 382 g/mol. The predicted molar refractivity (Wildman–Crippen MR) is 104 cm³/mol. The van der Waals surface area contributed by atoms with Crippen LogP contribution in [0, 0.1) is 23.2 Å². The lowest BCUT2D eigenvalue weighted by Crippen LogP contribution is -2.56. The van der Waals surface area contributed by atoms with E-state index in [1.54, 1.807) is 0 Å². The van der Waals surface area contributed by atoms with Crippen LogP contribution in [0.15, 0.2) is 0 Å². The highest BCUT2D eigenvalue weighted by atomic mass is 16.5. The lowest BCUT2D eigenvalue weighted by atomic mass is 9.50. The number of aliphatic hydroxyl groups excluding tert-OH is 3. The van der Waals surface area contributed by atoms with Gasteiger partial charge in [-0.25, -0.2) is 0 Å². The number of ether oxygens (including phenoxy) is 1. The van der Waals surface area contributed by atoms with E-state index in [-0.39, 0.29) is 12.6 Å². The minimum atomic E-state index is -0.827. The molecule has 5 fully saturated rings. The SMILES string of the molecule is OC[C@@H]1[C@H](O)[C@@H](O)CCN1CCCCCOCC12CC3CC(CC(C3)C1)C2.